The molecule has 0 saturated heterocycles. The minimum absolute atomic E-state index is 0. The Morgan fingerprint density at radius 3 is 1.58 bits per heavy atom. The van der Waals surface area contributed by atoms with E-state index >= 15 is 0 Å². The van der Waals surface area contributed by atoms with Crippen LogP contribution in [0.25, 0.3) is 5.57 Å². The van der Waals surface area contributed by atoms with Gasteiger partial charge in [-0.25, -0.2) is 0 Å². The molecular formula is C43H76. The van der Waals surface area contributed by atoms with Crippen LogP contribution in [0.2, 0.25) is 0 Å². The van der Waals surface area contributed by atoms with Gasteiger partial charge in [-0.3, -0.25) is 0 Å². The van der Waals surface area contributed by atoms with E-state index in [4.69, 9.17) is 0 Å². The summed E-state index contributed by atoms with van der Waals surface area (Å²) < 4.78 is 0. The van der Waals surface area contributed by atoms with Gasteiger partial charge in [-0.15, -0.1) is 0 Å². The SMILES string of the molecule is C.C.CC.CC.CC.CC.CCC.CCC.C[C@@H]1CC2=C(C3=C(C2)C2(c4ccccc43)c3ccccc3[C@@H](C)[C@H]2C)[C@@H]1C. The molecule has 6 rings (SSSR count). The van der Waals surface area contributed by atoms with Crippen LogP contribution in [0, 0.1) is 17.8 Å². The third-order valence-electron chi connectivity index (χ3n) is 8.63. The first-order valence-corrected chi connectivity index (χ1v) is 17.5. The molecule has 0 fully saturated rings. The zero-order valence-electron chi connectivity index (χ0n) is 30.3. The predicted octanol–water partition coefficient (Wildman–Crippen LogP) is 15.1. The third kappa shape index (κ3) is 8.15. The summed E-state index contributed by atoms with van der Waals surface area (Å²) in [6.45, 7) is 34.4. The van der Waals surface area contributed by atoms with E-state index in [1.54, 1.807) is 39.0 Å². The average molecular weight is 593 g/mol. The highest BCUT2D eigenvalue weighted by Gasteiger charge is 2.58. The summed E-state index contributed by atoms with van der Waals surface area (Å²) in [5, 5.41) is 0. The van der Waals surface area contributed by atoms with Crippen molar-refractivity contribution in [2.24, 2.45) is 17.8 Å². The lowest BCUT2D eigenvalue weighted by atomic mass is 9.65. The second kappa shape index (κ2) is 22.4. The fourth-order valence-electron chi connectivity index (χ4n) is 7.14. The Hall–Kier alpha value is -2.08. The van der Waals surface area contributed by atoms with Gasteiger partial charge in [-0.2, -0.15) is 0 Å². The molecule has 4 aliphatic carbocycles. The van der Waals surface area contributed by atoms with Gasteiger partial charge in [-0.05, 0) is 75.5 Å². The first-order valence-electron chi connectivity index (χ1n) is 17.5. The molecule has 248 valence electrons. The van der Waals surface area contributed by atoms with Crippen molar-refractivity contribution >= 4 is 5.57 Å². The maximum Gasteiger partial charge on any atom is 0.0463 e. The summed E-state index contributed by atoms with van der Waals surface area (Å²) in [7, 11) is 0. The van der Waals surface area contributed by atoms with Crippen LogP contribution in [-0.4, -0.2) is 0 Å². The summed E-state index contributed by atoms with van der Waals surface area (Å²) in [6, 6.07) is 18.6. The molecule has 0 nitrogen and oxygen atoms in total. The molecule has 0 aromatic heterocycles. The minimum atomic E-state index is 0. The smallest absolute Gasteiger partial charge is 0.0463 e. The summed E-state index contributed by atoms with van der Waals surface area (Å²) in [6.07, 6.45) is 5.01. The summed E-state index contributed by atoms with van der Waals surface area (Å²) >= 11 is 0. The molecule has 4 aliphatic rings. The fraction of sp³-hybridized carbons (Fsp3) is 0.628. The average Bonchev–Trinajstić information content (AvgIpc) is 3.68. The number of hydrogen-bond acceptors (Lipinski definition) is 0. The number of allylic oxidation sites excluding steroid dienone is 4. The number of hydrogen-bond donors (Lipinski definition) is 0. The van der Waals surface area contributed by atoms with Crippen LogP contribution < -0.4 is 0 Å². The number of rotatable bonds is 0. The van der Waals surface area contributed by atoms with Gasteiger partial charge in [0.25, 0.3) is 0 Å². The molecule has 2 aromatic carbocycles. The lowest BCUT2D eigenvalue weighted by molar-refractivity contribution is 0.387. The molecule has 5 atom stereocenters. The van der Waals surface area contributed by atoms with E-state index < -0.39 is 0 Å². The first kappa shape index (κ1) is 45.4. The molecule has 1 spiro atoms. The molecule has 2 aromatic rings. The molecule has 0 radical (unpaired) electrons. The largest absolute Gasteiger partial charge is 0.0776 e. The van der Waals surface area contributed by atoms with Crippen LogP contribution in [-0.2, 0) is 5.41 Å². The molecule has 0 bridgehead atoms. The Morgan fingerprint density at radius 2 is 1.07 bits per heavy atom. The van der Waals surface area contributed by atoms with Gasteiger partial charge in [0.05, 0.1) is 0 Å². The zero-order chi connectivity index (χ0) is 31.9. The van der Waals surface area contributed by atoms with Crippen molar-refractivity contribution in [1.29, 1.82) is 0 Å². The molecule has 0 saturated carbocycles. The van der Waals surface area contributed by atoms with Crippen molar-refractivity contribution in [1.82, 2.24) is 0 Å². The van der Waals surface area contributed by atoms with E-state index in [0.717, 1.165) is 5.92 Å². The molecule has 0 heterocycles. The van der Waals surface area contributed by atoms with Gasteiger partial charge in [0.15, 0.2) is 0 Å². The molecule has 0 amide bonds. The lowest BCUT2D eigenvalue weighted by Gasteiger charge is -2.36. The van der Waals surface area contributed by atoms with Crippen molar-refractivity contribution in [2.45, 2.75) is 163 Å². The van der Waals surface area contributed by atoms with E-state index in [-0.39, 0.29) is 20.3 Å². The Labute approximate surface area is 272 Å². The van der Waals surface area contributed by atoms with E-state index in [1.165, 1.54) is 31.2 Å². The van der Waals surface area contributed by atoms with Crippen LogP contribution in [0.5, 0.6) is 0 Å². The Bertz CT molecular complexity index is 1080. The number of fused-ring (bicyclic) bond motifs is 7. The molecule has 0 N–H and O–H groups in total. The van der Waals surface area contributed by atoms with Crippen molar-refractivity contribution < 1.29 is 0 Å². The van der Waals surface area contributed by atoms with Gasteiger partial charge in [0, 0.05) is 5.41 Å². The highest BCUT2D eigenvalue weighted by atomic mass is 14.6. The molecule has 0 heteroatoms. The van der Waals surface area contributed by atoms with E-state index in [0.29, 0.717) is 17.8 Å². The molecule has 0 aliphatic heterocycles. The van der Waals surface area contributed by atoms with Crippen LogP contribution in [0.3, 0.4) is 0 Å². The van der Waals surface area contributed by atoms with Crippen LogP contribution in [0.15, 0.2) is 65.3 Å². The quantitative estimate of drug-likeness (QED) is 0.285. The predicted molar refractivity (Wildman–Crippen MR) is 204 cm³/mol. The van der Waals surface area contributed by atoms with Crippen LogP contribution >= 0.6 is 0 Å². The Kier molecular flexibility index (Phi) is 23.7. The monoisotopic (exact) mass is 593 g/mol. The summed E-state index contributed by atoms with van der Waals surface area (Å²) in [5.41, 5.74) is 13.2. The van der Waals surface area contributed by atoms with Crippen molar-refractivity contribution in [2.75, 3.05) is 0 Å². The fourth-order valence-corrected chi connectivity index (χ4v) is 7.14. The second-order valence-corrected chi connectivity index (χ2v) is 11.0. The Morgan fingerprint density at radius 1 is 0.628 bits per heavy atom. The molecule has 1 unspecified atom stereocenters. The second-order valence-electron chi connectivity index (χ2n) is 11.0. The zero-order valence-corrected chi connectivity index (χ0v) is 30.3. The van der Waals surface area contributed by atoms with Gasteiger partial charge < -0.3 is 0 Å². The van der Waals surface area contributed by atoms with Gasteiger partial charge in [-0.1, -0.05) is 193 Å². The highest BCUT2D eigenvalue weighted by Crippen LogP contribution is 2.68. The highest BCUT2D eigenvalue weighted by molar-refractivity contribution is 5.96. The van der Waals surface area contributed by atoms with E-state index in [9.17, 15) is 0 Å². The maximum atomic E-state index is 2.51. The Balaban J connectivity index is -0.000000879. The third-order valence-corrected chi connectivity index (χ3v) is 8.63. The van der Waals surface area contributed by atoms with Crippen molar-refractivity contribution in [3.8, 4) is 0 Å². The first-order chi connectivity index (χ1) is 19.9. The van der Waals surface area contributed by atoms with E-state index in [1.807, 2.05) is 55.4 Å². The van der Waals surface area contributed by atoms with Crippen LogP contribution in [0.1, 0.15) is 179 Å². The summed E-state index contributed by atoms with van der Waals surface area (Å²) in [5.74, 6) is 2.70. The van der Waals surface area contributed by atoms with Gasteiger partial charge >= 0.3 is 0 Å². The number of benzene rings is 2. The van der Waals surface area contributed by atoms with Gasteiger partial charge in [0.1, 0.15) is 0 Å². The van der Waals surface area contributed by atoms with Crippen molar-refractivity contribution in [3.63, 3.8) is 0 Å². The lowest BCUT2D eigenvalue weighted by Crippen LogP contribution is -2.32. The van der Waals surface area contributed by atoms with Gasteiger partial charge in [0.2, 0.25) is 0 Å². The normalized spacial score (nSPS) is 23.8. The topological polar surface area (TPSA) is 0 Å². The maximum absolute atomic E-state index is 2.51. The molecule has 43 heavy (non-hydrogen) atoms. The minimum Gasteiger partial charge on any atom is -0.0776 e. The summed E-state index contributed by atoms with van der Waals surface area (Å²) in [4.78, 5) is 0. The van der Waals surface area contributed by atoms with Crippen LogP contribution in [0.4, 0.5) is 0 Å². The standard InChI is InChI=1S/C27H28.2C3H8.4C2H6.2CH4/c1-15-13-19-14-24-26(25(19)16(15)2)21-10-6-8-12-23(21)27(24)18(4)17(3)20-9-5-7-11-22(20)27;2*1-3-2;4*1-2;;/h5-12,15-18H,13-14H2,1-4H3;2*3H2,1-2H3;4*1-2H3;2*1H4/t15-,16-,17+,18-,27?;;;;;;;;/m1......../s1. The van der Waals surface area contributed by atoms with E-state index in [2.05, 4.69) is 104 Å². The molecular weight excluding hydrogens is 516 g/mol. The van der Waals surface area contributed by atoms with Crippen molar-refractivity contribution in [3.05, 3.63) is 87.5 Å².